The Labute approximate surface area is 115 Å². The Morgan fingerprint density at radius 1 is 1.16 bits per heavy atom. The molecule has 2 rings (SSSR count). The van der Waals surface area contributed by atoms with Gasteiger partial charge in [0.1, 0.15) is 5.82 Å². The standard InChI is InChI=1S/C16H21N3/c1-12-9-13(2)11-15(10-12)19(3)16-14(6-7-17)5-4-8-18-16/h4-5,8-11H,6-7,17H2,1-3H3. The summed E-state index contributed by atoms with van der Waals surface area (Å²) in [6.07, 6.45) is 2.67. The summed E-state index contributed by atoms with van der Waals surface area (Å²) in [7, 11) is 2.05. The molecule has 3 heteroatoms. The maximum atomic E-state index is 5.67. The van der Waals surface area contributed by atoms with E-state index in [1.165, 1.54) is 16.7 Å². The average molecular weight is 255 g/mol. The molecule has 0 saturated heterocycles. The number of hydrogen-bond donors (Lipinski definition) is 1. The van der Waals surface area contributed by atoms with Gasteiger partial charge in [0.2, 0.25) is 0 Å². The predicted molar refractivity (Wildman–Crippen MR) is 81.0 cm³/mol. The van der Waals surface area contributed by atoms with Crippen LogP contribution in [0.5, 0.6) is 0 Å². The van der Waals surface area contributed by atoms with E-state index in [0.717, 1.165) is 17.9 Å². The molecule has 1 aromatic heterocycles. The summed E-state index contributed by atoms with van der Waals surface area (Å²) in [4.78, 5) is 6.63. The van der Waals surface area contributed by atoms with Crippen molar-refractivity contribution in [1.82, 2.24) is 4.98 Å². The van der Waals surface area contributed by atoms with Gasteiger partial charge < -0.3 is 10.6 Å². The van der Waals surface area contributed by atoms with E-state index in [1.807, 2.05) is 12.3 Å². The van der Waals surface area contributed by atoms with Gasteiger partial charge >= 0.3 is 0 Å². The Balaban J connectivity index is 2.40. The molecular formula is C16H21N3. The molecule has 0 amide bonds. The Kier molecular flexibility index (Phi) is 4.17. The Morgan fingerprint density at radius 2 is 1.84 bits per heavy atom. The van der Waals surface area contributed by atoms with Gasteiger partial charge in [-0.25, -0.2) is 4.98 Å². The van der Waals surface area contributed by atoms with Gasteiger partial charge in [-0.3, -0.25) is 0 Å². The summed E-state index contributed by atoms with van der Waals surface area (Å²) < 4.78 is 0. The van der Waals surface area contributed by atoms with E-state index in [9.17, 15) is 0 Å². The summed E-state index contributed by atoms with van der Waals surface area (Å²) in [5, 5.41) is 0. The van der Waals surface area contributed by atoms with Crippen LogP contribution >= 0.6 is 0 Å². The lowest BCUT2D eigenvalue weighted by Gasteiger charge is -2.22. The lowest BCUT2D eigenvalue weighted by atomic mass is 10.1. The van der Waals surface area contributed by atoms with Gasteiger partial charge in [-0.05, 0) is 61.7 Å². The third kappa shape index (κ3) is 3.12. The van der Waals surface area contributed by atoms with E-state index in [4.69, 9.17) is 5.73 Å². The van der Waals surface area contributed by atoms with Crippen molar-refractivity contribution >= 4 is 11.5 Å². The van der Waals surface area contributed by atoms with Crippen LogP contribution < -0.4 is 10.6 Å². The highest BCUT2D eigenvalue weighted by Gasteiger charge is 2.10. The van der Waals surface area contributed by atoms with Gasteiger partial charge in [0.05, 0.1) is 0 Å². The number of anilines is 2. The predicted octanol–water partition coefficient (Wildman–Crippen LogP) is 2.97. The van der Waals surface area contributed by atoms with Crippen molar-refractivity contribution in [3.05, 3.63) is 53.2 Å². The lowest BCUT2D eigenvalue weighted by molar-refractivity contribution is 0.945. The average Bonchev–Trinajstić information content (AvgIpc) is 2.38. The molecule has 0 radical (unpaired) electrons. The van der Waals surface area contributed by atoms with Crippen LogP contribution in [0.25, 0.3) is 0 Å². The third-order valence-electron chi connectivity index (χ3n) is 3.19. The summed E-state index contributed by atoms with van der Waals surface area (Å²) in [5.74, 6) is 0.984. The molecule has 2 N–H and O–H groups in total. The maximum absolute atomic E-state index is 5.67. The van der Waals surface area contributed by atoms with Crippen LogP contribution in [-0.2, 0) is 6.42 Å². The molecule has 3 nitrogen and oxygen atoms in total. The van der Waals surface area contributed by atoms with Crippen LogP contribution in [0.1, 0.15) is 16.7 Å². The molecule has 0 unspecified atom stereocenters. The SMILES string of the molecule is Cc1cc(C)cc(N(C)c2ncccc2CCN)c1. The number of pyridine rings is 1. The van der Waals surface area contributed by atoms with E-state index >= 15 is 0 Å². The van der Waals surface area contributed by atoms with Crippen LogP contribution in [0.2, 0.25) is 0 Å². The Bertz CT molecular complexity index is 543. The minimum Gasteiger partial charge on any atom is -0.330 e. The van der Waals surface area contributed by atoms with Crippen molar-refractivity contribution in [3.8, 4) is 0 Å². The van der Waals surface area contributed by atoms with E-state index in [-0.39, 0.29) is 0 Å². The molecule has 100 valence electrons. The highest BCUT2D eigenvalue weighted by molar-refractivity contribution is 5.63. The summed E-state index contributed by atoms with van der Waals surface area (Å²) in [5.41, 5.74) is 10.5. The molecule has 0 saturated carbocycles. The fourth-order valence-electron chi connectivity index (χ4n) is 2.35. The Hall–Kier alpha value is -1.87. The molecule has 1 aromatic carbocycles. The molecule has 0 fully saturated rings. The van der Waals surface area contributed by atoms with Gasteiger partial charge in [0.25, 0.3) is 0 Å². The van der Waals surface area contributed by atoms with Crippen molar-refractivity contribution in [1.29, 1.82) is 0 Å². The van der Waals surface area contributed by atoms with Gasteiger partial charge in [0.15, 0.2) is 0 Å². The van der Waals surface area contributed by atoms with Crippen molar-refractivity contribution < 1.29 is 0 Å². The smallest absolute Gasteiger partial charge is 0.135 e. The monoisotopic (exact) mass is 255 g/mol. The summed E-state index contributed by atoms with van der Waals surface area (Å²) in [6, 6.07) is 10.6. The zero-order valence-electron chi connectivity index (χ0n) is 11.9. The second kappa shape index (κ2) is 5.85. The third-order valence-corrected chi connectivity index (χ3v) is 3.19. The highest BCUT2D eigenvalue weighted by Crippen LogP contribution is 2.26. The highest BCUT2D eigenvalue weighted by atomic mass is 15.2. The topological polar surface area (TPSA) is 42.2 Å². The van der Waals surface area contributed by atoms with Gasteiger partial charge in [0, 0.05) is 18.9 Å². The summed E-state index contributed by atoms with van der Waals surface area (Å²) >= 11 is 0. The molecule has 0 aliphatic carbocycles. The fourth-order valence-corrected chi connectivity index (χ4v) is 2.35. The fraction of sp³-hybridized carbons (Fsp3) is 0.312. The number of aromatic nitrogens is 1. The number of rotatable bonds is 4. The molecule has 0 spiro atoms. The first kappa shape index (κ1) is 13.6. The normalized spacial score (nSPS) is 10.5. The van der Waals surface area contributed by atoms with Crippen molar-refractivity contribution in [2.75, 3.05) is 18.5 Å². The van der Waals surface area contributed by atoms with E-state index < -0.39 is 0 Å². The van der Waals surface area contributed by atoms with Crippen LogP contribution in [0.3, 0.4) is 0 Å². The number of nitrogens with zero attached hydrogens (tertiary/aromatic N) is 2. The minimum absolute atomic E-state index is 0.638. The number of aryl methyl sites for hydroxylation is 2. The van der Waals surface area contributed by atoms with Crippen LogP contribution in [0, 0.1) is 13.8 Å². The first-order valence-electron chi connectivity index (χ1n) is 6.58. The van der Waals surface area contributed by atoms with Crippen molar-refractivity contribution in [3.63, 3.8) is 0 Å². The summed E-state index contributed by atoms with van der Waals surface area (Å²) in [6.45, 7) is 4.87. The van der Waals surface area contributed by atoms with Gasteiger partial charge in [-0.15, -0.1) is 0 Å². The maximum Gasteiger partial charge on any atom is 0.135 e. The van der Waals surface area contributed by atoms with E-state index in [0.29, 0.717) is 6.54 Å². The lowest BCUT2D eigenvalue weighted by Crippen LogP contribution is -2.15. The molecule has 19 heavy (non-hydrogen) atoms. The van der Waals surface area contributed by atoms with Crippen LogP contribution in [0.4, 0.5) is 11.5 Å². The molecule has 2 aromatic rings. The molecule has 0 aliphatic rings. The molecule has 0 atom stereocenters. The molecular weight excluding hydrogens is 234 g/mol. The second-order valence-electron chi connectivity index (χ2n) is 4.93. The quantitative estimate of drug-likeness (QED) is 0.913. The van der Waals surface area contributed by atoms with Crippen molar-refractivity contribution in [2.45, 2.75) is 20.3 Å². The number of nitrogens with two attached hydrogens (primary N) is 1. The zero-order chi connectivity index (χ0) is 13.8. The van der Waals surface area contributed by atoms with Gasteiger partial charge in [-0.1, -0.05) is 12.1 Å². The number of benzene rings is 1. The van der Waals surface area contributed by atoms with Crippen LogP contribution in [0.15, 0.2) is 36.5 Å². The van der Waals surface area contributed by atoms with Crippen molar-refractivity contribution in [2.24, 2.45) is 5.73 Å². The number of hydrogen-bond acceptors (Lipinski definition) is 3. The molecule has 0 bridgehead atoms. The van der Waals surface area contributed by atoms with Crippen LogP contribution in [-0.4, -0.2) is 18.6 Å². The minimum atomic E-state index is 0.638. The second-order valence-corrected chi connectivity index (χ2v) is 4.93. The zero-order valence-corrected chi connectivity index (χ0v) is 11.9. The van der Waals surface area contributed by atoms with E-state index in [1.54, 1.807) is 0 Å². The first-order valence-corrected chi connectivity index (χ1v) is 6.58. The molecule has 0 aliphatic heterocycles. The first-order chi connectivity index (χ1) is 9.11. The Morgan fingerprint density at radius 3 is 2.47 bits per heavy atom. The van der Waals surface area contributed by atoms with E-state index in [2.05, 4.69) is 55.0 Å². The largest absolute Gasteiger partial charge is 0.330 e. The van der Waals surface area contributed by atoms with Gasteiger partial charge in [-0.2, -0.15) is 0 Å². The molecule has 1 heterocycles.